The third kappa shape index (κ3) is 5.37. The molecule has 2 amide bonds. The summed E-state index contributed by atoms with van der Waals surface area (Å²) in [5, 5.41) is 2.85. The van der Waals surface area contributed by atoms with Crippen molar-refractivity contribution in [1.29, 1.82) is 0 Å². The van der Waals surface area contributed by atoms with Crippen molar-refractivity contribution in [1.82, 2.24) is 5.32 Å². The lowest BCUT2D eigenvalue weighted by Gasteiger charge is -2.06. The first-order valence-electron chi connectivity index (χ1n) is 6.94. The van der Waals surface area contributed by atoms with E-state index >= 15 is 0 Å². The number of nitrogens with one attached hydrogen (secondary N) is 1. The number of carbonyl (C=O) groups excluding carboxylic acids is 3. The maximum absolute atomic E-state index is 11.8. The predicted molar refractivity (Wildman–Crippen MR) is 90.0 cm³/mol. The second-order valence-corrected chi connectivity index (χ2v) is 5.64. The van der Waals surface area contributed by atoms with E-state index in [9.17, 15) is 14.4 Å². The third-order valence-electron chi connectivity index (χ3n) is 2.99. The van der Waals surface area contributed by atoms with Gasteiger partial charge < -0.3 is 4.74 Å². The van der Waals surface area contributed by atoms with Crippen LogP contribution in [0.3, 0.4) is 0 Å². The zero-order valence-corrected chi connectivity index (χ0v) is 13.9. The smallest absolute Gasteiger partial charge is 0.310 e. The fraction of sp³-hybridized carbons (Fsp3) is 0.118. The van der Waals surface area contributed by atoms with Gasteiger partial charge in [-0.3, -0.25) is 19.7 Å². The first-order chi connectivity index (χ1) is 11.5. The molecular formula is C17H13Cl2NO4. The molecule has 0 aliphatic rings. The first kappa shape index (κ1) is 18.0. The molecule has 0 atom stereocenters. The highest BCUT2D eigenvalue weighted by molar-refractivity contribution is 6.42. The van der Waals surface area contributed by atoms with Gasteiger partial charge in [-0.15, -0.1) is 0 Å². The lowest BCUT2D eigenvalue weighted by atomic mass is 10.1. The van der Waals surface area contributed by atoms with Crippen molar-refractivity contribution in [2.45, 2.75) is 6.42 Å². The number of benzene rings is 2. The van der Waals surface area contributed by atoms with Gasteiger partial charge in [0, 0.05) is 5.56 Å². The molecule has 0 saturated heterocycles. The molecular weight excluding hydrogens is 353 g/mol. The van der Waals surface area contributed by atoms with Crippen molar-refractivity contribution >= 4 is 41.0 Å². The van der Waals surface area contributed by atoms with Gasteiger partial charge in [-0.2, -0.15) is 0 Å². The highest BCUT2D eigenvalue weighted by atomic mass is 35.5. The molecule has 0 aliphatic heterocycles. The summed E-state index contributed by atoms with van der Waals surface area (Å²) >= 11 is 11.6. The Morgan fingerprint density at radius 2 is 1.67 bits per heavy atom. The van der Waals surface area contributed by atoms with E-state index in [-0.39, 0.29) is 6.42 Å². The number of hydrogen-bond donors (Lipinski definition) is 1. The normalized spacial score (nSPS) is 10.1. The van der Waals surface area contributed by atoms with E-state index in [2.05, 4.69) is 5.32 Å². The van der Waals surface area contributed by atoms with Gasteiger partial charge in [-0.1, -0.05) is 47.5 Å². The van der Waals surface area contributed by atoms with Gasteiger partial charge >= 0.3 is 5.97 Å². The minimum atomic E-state index is -0.702. The van der Waals surface area contributed by atoms with Gasteiger partial charge in [-0.25, -0.2) is 0 Å². The molecule has 0 aromatic heterocycles. The Morgan fingerprint density at radius 1 is 0.958 bits per heavy atom. The van der Waals surface area contributed by atoms with Crippen molar-refractivity contribution < 1.29 is 19.1 Å². The summed E-state index contributed by atoms with van der Waals surface area (Å²) in [4.78, 5) is 35.1. The Labute approximate surface area is 148 Å². The average molecular weight is 366 g/mol. The first-order valence-corrected chi connectivity index (χ1v) is 7.70. The van der Waals surface area contributed by atoms with Gasteiger partial charge in [0.1, 0.15) is 0 Å². The van der Waals surface area contributed by atoms with Crippen LogP contribution < -0.4 is 5.32 Å². The number of amides is 2. The van der Waals surface area contributed by atoms with Crippen molar-refractivity contribution in [2.24, 2.45) is 0 Å². The molecule has 1 N–H and O–H groups in total. The number of hydrogen-bond acceptors (Lipinski definition) is 4. The van der Waals surface area contributed by atoms with Crippen LogP contribution in [-0.4, -0.2) is 24.4 Å². The molecule has 0 bridgehead atoms. The molecule has 0 heterocycles. The number of halogens is 2. The van der Waals surface area contributed by atoms with E-state index in [1.54, 1.807) is 48.5 Å². The highest BCUT2D eigenvalue weighted by Crippen LogP contribution is 2.22. The van der Waals surface area contributed by atoms with Crippen LogP contribution in [0.15, 0.2) is 48.5 Å². The van der Waals surface area contributed by atoms with Crippen molar-refractivity contribution in [3.63, 3.8) is 0 Å². The molecule has 2 aromatic rings. The minimum Gasteiger partial charge on any atom is -0.455 e. The second-order valence-electron chi connectivity index (χ2n) is 4.83. The number of ether oxygens (including phenoxy) is 1. The topological polar surface area (TPSA) is 72.5 Å². The minimum absolute atomic E-state index is 0.0587. The van der Waals surface area contributed by atoms with Crippen LogP contribution in [0.5, 0.6) is 0 Å². The van der Waals surface area contributed by atoms with Crippen molar-refractivity contribution in [3.8, 4) is 0 Å². The molecule has 0 saturated carbocycles. The summed E-state index contributed by atoms with van der Waals surface area (Å²) in [6, 6.07) is 13.0. The Morgan fingerprint density at radius 3 is 2.33 bits per heavy atom. The van der Waals surface area contributed by atoms with E-state index in [0.717, 1.165) is 0 Å². The molecule has 124 valence electrons. The van der Waals surface area contributed by atoms with E-state index in [4.69, 9.17) is 27.9 Å². The lowest BCUT2D eigenvalue weighted by molar-refractivity contribution is -0.147. The van der Waals surface area contributed by atoms with Crippen LogP contribution in [0.2, 0.25) is 10.0 Å². The predicted octanol–water partition coefficient (Wildman–Crippen LogP) is 3.04. The zero-order valence-electron chi connectivity index (χ0n) is 12.4. The number of imide groups is 1. The number of rotatable bonds is 5. The van der Waals surface area contributed by atoms with Gasteiger partial charge in [0.05, 0.1) is 16.5 Å². The van der Waals surface area contributed by atoms with Gasteiger partial charge in [0.15, 0.2) is 6.61 Å². The number of carbonyl (C=O) groups is 3. The maximum atomic E-state index is 11.8. The molecule has 2 aromatic carbocycles. The molecule has 2 rings (SSSR count). The molecule has 7 heteroatoms. The summed E-state index contributed by atoms with van der Waals surface area (Å²) < 4.78 is 4.84. The molecule has 5 nitrogen and oxygen atoms in total. The fourth-order valence-electron chi connectivity index (χ4n) is 1.84. The Kier molecular flexibility index (Phi) is 6.35. The Bertz CT molecular complexity index is 762. The van der Waals surface area contributed by atoms with Crippen LogP contribution in [0.1, 0.15) is 15.9 Å². The van der Waals surface area contributed by atoms with E-state index in [0.29, 0.717) is 21.2 Å². The number of esters is 1. The van der Waals surface area contributed by atoms with Crippen LogP contribution in [0.4, 0.5) is 0 Å². The van der Waals surface area contributed by atoms with Crippen LogP contribution >= 0.6 is 23.2 Å². The van der Waals surface area contributed by atoms with Gasteiger partial charge in [0.25, 0.3) is 11.8 Å². The summed E-state index contributed by atoms with van der Waals surface area (Å²) in [6.07, 6.45) is -0.0587. The van der Waals surface area contributed by atoms with Crippen LogP contribution in [0, 0.1) is 0 Å². The SMILES string of the molecule is O=C(COC(=O)Cc1ccc(Cl)c(Cl)c1)NC(=O)c1ccccc1. The fourth-order valence-corrected chi connectivity index (χ4v) is 2.16. The maximum Gasteiger partial charge on any atom is 0.310 e. The second kappa shape index (κ2) is 8.47. The van der Waals surface area contributed by atoms with E-state index < -0.39 is 24.4 Å². The molecule has 0 unspecified atom stereocenters. The Balaban J connectivity index is 1.79. The van der Waals surface area contributed by atoms with Gasteiger partial charge in [-0.05, 0) is 29.8 Å². The van der Waals surface area contributed by atoms with Crippen LogP contribution in [-0.2, 0) is 20.7 Å². The highest BCUT2D eigenvalue weighted by Gasteiger charge is 2.13. The summed E-state index contributed by atoms with van der Waals surface area (Å²) in [6.45, 7) is -0.543. The monoisotopic (exact) mass is 365 g/mol. The Hall–Kier alpha value is -2.37. The zero-order chi connectivity index (χ0) is 17.5. The van der Waals surface area contributed by atoms with E-state index in [1.807, 2.05) is 0 Å². The molecule has 0 aliphatic carbocycles. The molecule has 0 fully saturated rings. The largest absolute Gasteiger partial charge is 0.455 e. The lowest BCUT2D eigenvalue weighted by Crippen LogP contribution is -2.34. The average Bonchev–Trinajstić information content (AvgIpc) is 2.57. The molecule has 0 spiro atoms. The van der Waals surface area contributed by atoms with E-state index in [1.165, 1.54) is 0 Å². The summed E-state index contributed by atoms with van der Waals surface area (Å²) in [7, 11) is 0. The van der Waals surface area contributed by atoms with Gasteiger partial charge in [0.2, 0.25) is 0 Å². The van der Waals surface area contributed by atoms with Crippen LogP contribution in [0.25, 0.3) is 0 Å². The van der Waals surface area contributed by atoms with Crippen molar-refractivity contribution in [3.05, 3.63) is 69.7 Å². The van der Waals surface area contributed by atoms with Crippen molar-refractivity contribution in [2.75, 3.05) is 6.61 Å². The third-order valence-corrected chi connectivity index (χ3v) is 3.72. The molecule has 24 heavy (non-hydrogen) atoms. The standard InChI is InChI=1S/C17H13Cl2NO4/c18-13-7-6-11(8-14(13)19)9-16(22)24-10-15(21)20-17(23)12-4-2-1-3-5-12/h1-8H,9-10H2,(H,20,21,23). The molecule has 0 radical (unpaired) electrons. The summed E-state index contributed by atoms with van der Waals surface area (Å²) in [5.74, 6) is -1.87. The summed E-state index contributed by atoms with van der Waals surface area (Å²) in [5.41, 5.74) is 0.947. The quantitative estimate of drug-likeness (QED) is 0.826.